The molecule has 0 spiro atoms. The van der Waals surface area contributed by atoms with Crippen molar-refractivity contribution < 1.29 is 0 Å². The van der Waals surface area contributed by atoms with Crippen LogP contribution in [0.2, 0.25) is 0 Å². The summed E-state index contributed by atoms with van der Waals surface area (Å²) in [5, 5.41) is 0. The molecule has 0 heterocycles. The average molecular weight is 156 g/mol. The minimum Gasteiger partial charge on any atom is -0.328 e. The smallest absolute Gasteiger partial charge is 0.0192 e. The van der Waals surface area contributed by atoms with Crippen molar-refractivity contribution in [2.24, 2.45) is 16.9 Å². The highest BCUT2D eigenvalue weighted by atomic mass is 14.8. The predicted molar refractivity (Wildman–Crippen MR) is 48.2 cm³/mol. The molecule has 2 unspecified atom stereocenters. The van der Waals surface area contributed by atoms with E-state index in [1.165, 1.54) is 0 Å². The van der Waals surface area contributed by atoms with Crippen molar-refractivity contribution in [2.45, 2.75) is 51.6 Å². The molecule has 0 amide bonds. The van der Waals surface area contributed by atoms with Crippen molar-refractivity contribution in [3.63, 3.8) is 0 Å². The fourth-order valence-electron chi connectivity index (χ4n) is 1.75. The first-order chi connectivity index (χ1) is 4.85. The molecule has 66 valence electrons. The molecule has 0 aliphatic heterocycles. The summed E-state index contributed by atoms with van der Waals surface area (Å²) >= 11 is 0. The molecule has 0 saturated heterocycles. The molecule has 1 saturated carbocycles. The van der Waals surface area contributed by atoms with Crippen LogP contribution in [-0.4, -0.2) is 11.6 Å². The number of nitrogens with two attached hydrogens (primary N) is 2. The summed E-state index contributed by atoms with van der Waals surface area (Å²) < 4.78 is 0. The summed E-state index contributed by atoms with van der Waals surface area (Å²) in [5.74, 6) is 0. The van der Waals surface area contributed by atoms with Crippen LogP contribution < -0.4 is 11.5 Å². The van der Waals surface area contributed by atoms with E-state index < -0.39 is 0 Å². The van der Waals surface area contributed by atoms with Gasteiger partial charge < -0.3 is 11.5 Å². The van der Waals surface area contributed by atoms with Gasteiger partial charge in [-0.05, 0) is 31.6 Å². The summed E-state index contributed by atoms with van der Waals surface area (Å²) in [4.78, 5) is 0. The molecule has 0 aromatic carbocycles. The minimum atomic E-state index is -0.0787. The Balaban J connectivity index is 2.72. The Bertz CT molecular complexity index is 150. The summed E-state index contributed by atoms with van der Waals surface area (Å²) in [6.45, 7) is 6.59. The third-order valence-electron chi connectivity index (χ3n) is 3.37. The zero-order chi connectivity index (χ0) is 8.70. The Morgan fingerprint density at radius 3 is 2.18 bits per heavy atom. The maximum absolute atomic E-state index is 6.17. The second-order valence-corrected chi connectivity index (χ2v) is 4.80. The van der Waals surface area contributed by atoms with E-state index in [1.807, 2.05) is 0 Å². The van der Waals surface area contributed by atoms with Crippen molar-refractivity contribution in [3.8, 4) is 0 Å². The van der Waals surface area contributed by atoms with E-state index in [0.29, 0.717) is 6.04 Å². The van der Waals surface area contributed by atoms with Crippen LogP contribution in [0, 0.1) is 5.41 Å². The zero-order valence-electron chi connectivity index (χ0n) is 7.85. The van der Waals surface area contributed by atoms with Gasteiger partial charge in [0.05, 0.1) is 0 Å². The van der Waals surface area contributed by atoms with E-state index in [0.717, 1.165) is 19.3 Å². The van der Waals surface area contributed by atoms with E-state index in [2.05, 4.69) is 20.8 Å². The van der Waals surface area contributed by atoms with Gasteiger partial charge in [-0.3, -0.25) is 0 Å². The Hall–Kier alpha value is -0.0800. The molecule has 0 radical (unpaired) electrons. The van der Waals surface area contributed by atoms with E-state index in [-0.39, 0.29) is 11.0 Å². The summed E-state index contributed by atoms with van der Waals surface area (Å²) in [6, 6.07) is 0.318. The summed E-state index contributed by atoms with van der Waals surface area (Å²) in [7, 11) is 0. The maximum Gasteiger partial charge on any atom is 0.0192 e. The molecule has 0 aromatic rings. The van der Waals surface area contributed by atoms with Crippen LogP contribution in [0.1, 0.15) is 40.0 Å². The maximum atomic E-state index is 6.17. The summed E-state index contributed by atoms with van der Waals surface area (Å²) in [6.07, 6.45) is 3.24. The van der Waals surface area contributed by atoms with Gasteiger partial charge in [-0.25, -0.2) is 0 Å². The Labute approximate surface area is 69.3 Å². The lowest BCUT2D eigenvalue weighted by molar-refractivity contribution is 0.103. The van der Waals surface area contributed by atoms with Gasteiger partial charge >= 0.3 is 0 Å². The first-order valence-electron chi connectivity index (χ1n) is 4.40. The Morgan fingerprint density at radius 1 is 1.27 bits per heavy atom. The molecule has 2 heteroatoms. The molecule has 1 aliphatic rings. The molecule has 1 fully saturated rings. The van der Waals surface area contributed by atoms with Gasteiger partial charge in [-0.15, -0.1) is 0 Å². The lowest BCUT2D eigenvalue weighted by Crippen LogP contribution is -2.56. The van der Waals surface area contributed by atoms with Crippen LogP contribution in [0.25, 0.3) is 0 Å². The van der Waals surface area contributed by atoms with Crippen molar-refractivity contribution in [2.75, 3.05) is 0 Å². The zero-order valence-corrected chi connectivity index (χ0v) is 7.85. The SMILES string of the molecule is CC1(C)CCC(N)CC1(C)N. The largest absolute Gasteiger partial charge is 0.328 e. The Morgan fingerprint density at radius 2 is 1.82 bits per heavy atom. The fraction of sp³-hybridized carbons (Fsp3) is 1.00. The average Bonchev–Trinajstić information content (AvgIpc) is 1.80. The highest BCUT2D eigenvalue weighted by molar-refractivity contribution is 5.00. The van der Waals surface area contributed by atoms with Crippen molar-refractivity contribution >= 4 is 0 Å². The molecule has 11 heavy (non-hydrogen) atoms. The van der Waals surface area contributed by atoms with Crippen LogP contribution in [0.3, 0.4) is 0 Å². The third-order valence-corrected chi connectivity index (χ3v) is 3.37. The van der Waals surface area contributed by atoms with Gasteiger partial charge in [-0.1, -0.05) is 13.8 Å². The number of hydrogen-bond donors (Lipinski definition) is 2. The topological polar surface area (TPSA) is 52.0 Å². The second kappa shape index (κ2) is 2.46. The second-order valence-electron chi connectivity index (χ2n) is 4.80. The highest BCUT2D eigenvalue weighted by Gasteiger charge is 2.41. The van der Waals surface area contributed by atoms with Crippen molar-refractivity contribution in [3.05, 3.63) is 0 Å². The summed E-state index contributed by atoms with van der Waals surface area (Å²) in [5.41, 5.74) is 12.2. The molecule has 1 rings (SSSR count). The van der Waals surface area contributed by atoms with E-state index in [9.17, 15) is 0 Å². The fourth-order valence-corrected chi connectivity index (χ4v) is 1.75. The Kier molecular flexibility index (Phi) is 2.01. The van der Waals surface area contributed by atoms with Gasteiger partial charge in [0.2, 0.25) is 0 Å². The van der Waals surface area contributed by atoms with Gasteiger partial charge in [-0.2, -0.15) is 0 Å². The normalized spacial score (nSPS) is 43.9. The van der Waals surface area contributed by atoms with Gasteiger partial charge in [0, 0.05) is 11.6 Å². The van der Waals surface area contributed by atoms with Crippen molar-refractivity contribution in [1.29, 1.82) is 0 Å². The van der Waals surface area contributed by atoms with Gasteiger partial charge in [0.25, 0.3) is 0 Å². The molecule has 1 aliphatic carbocycles. The first kappa shape index (κ1) is 9.01. The molecule has 0 aromatic heterocycles. The standard InChI is InChI=1S/C9H20N2/c1-8(2)5-4-7(10)6-9(8,3)11/h7H,4-6,10-11H2,1-3H3. The predicted octanol–water partition coefficient (Wildman–Crippen LogP) is 1.24. The molecule has 4 N–H and O–H groups in total. The molecule has 0 bridgehead atoms. The molecule has 2 nitrogen and oxygen atoms in total. The molecule has 2 atom stereocenters. The lowest BCUT2D eigenvalue weighted by atomic mass is 9.63. The van der Waals surface area contributed by atoms with Crippen molar-refractivity contribution in [1.82, 2.24) is 0 Å². The third kappa shape index (κ3) is 1.57. The molecular formula is C9H20N2. The van der Waals surface area contributed by atoms with Crippen LogP contribution in [0.5, 0.6) is 0 Å². The quantitative estimate of drug-likeness (QED) is 0.554. The monoisotopic (exact) mass is 156 g/mol. The van der Waals surface area contributed by atoms with Crippen LogP contribution in [-0.2, 0) is 0 Å². The van der Waals surface area contributed by atoms with Gasteiger partial charge in [0.15, 0.2) is 0 Å². The van der Waals surface area contributed by atoms with E-state index in [1.54, 1.807) is 0 Å². The van der Waals surface area contributed by atoms with Crippen LogP contribution in [0.4, 0.5) is 0 Å². The van der Waals surface area contributed by atoms with Gasteiger partial charge in [0.1, 0.15) is 0 Å². The minimum absolute atomic E-state index is 0.0787. The van der Waals surface area contributed by atoms with E-state index >= 15 is 0 Å². The lowest BCUT2D eigenvalue weighted by Gasteiger charge is -2.47. The number of rotatable bonds is 0. The van der Waals surface area contributed by atoms with Crippen LogP contribution in [0.15, 0.2) is 0 Å². The first-order valence-corrected chi connectivity index (χ1v) is 4.40. The van der Waals surface area contributed by atoms with Crippen LogP contribution >= 0.6 is 0 Å². The van der Waals surface area contributed by atoms with E-state index in [4.69, 9.17) is 11.5 Å². The number of hydrogen-bond acceptors (Lipinski definition) is 2. The molecular weight excluding hydrogens is 136 g/mol. The highest BCUT2D eigenvalue weighted by Crippen LogP contribution is 2.41.